The van der Waals surface area contributed by atoms with Crippen LogP contribution in [0.15, 0.2) is 18.2 Å². The predicted molar refractivity (Wildman–Crippen MR) is 88.6 cm³/mol. The molecule has 0 aromatic heterocycles. The Morgan fingerprint density at radius 3 is 2.21 bits per heavy atom. The van der Waals surface area contributed by atoms with Gasteiger partial charge in [-0.15, -0.1) is 0 Å². The van der Waals surface area contributed by atoms with Crippen molar-refractivity contribution in [2.75, 3.05) is 41.0 Å². The molecule has 24 heavy (non-hydrogen) atoms. The summed E-state index contributed by atoms with van der Waals surface area (Å²) in [5.74, 6) is 1.06. The van der Waals surface area contributed by atoms with Crippen LogP contribution in [0.1, 0.15) is 23.2 Å². The fraction of sp³-hybridized carbons (Fsp3) is 0.529. The van der Waals surface area contributed by atoms with Crippen LogP contribution < -0.4 is 14.8 Å². The number of carbonyl (C=O) groups is 2. The second-order valence-electron chi connectivity index (χ2n) is 5.65. The summed E-state index contributed by atoms with van der Waals surface area (Å²) < 4.78 is 15.2. The Morgan fingerprint density at radius 2 is 1.71 bits per heavy atom. The van der Waals surface area contributed by atoms with Gasteiger partial charge < -0.3 is 24.4 Å². The minimum atomic E-state index is -0.295. The number of nitrogens with one attached hydrogen (secondary N) is 1. The van der Waals surface area contributed by atoms with Gasteiger partial charge in [0.15, 0.2) is 0 Å². The molecule has 132 valence electrons. The Morgan fingerprint density at radius 1 is 1.12 bits per heavy atom. The van der Waals surface area contributed by atoms with E-state index in [-0.39, 0.29) is 12.0 Å². The Balaban J connectivity index is 1.92. The maximum Gasteiger partial charge on any atom is 0.409 e. The normalized spacial score (nSPS) is 14.9. The number of amides is 2. The van der Waals surface area contributed by atoms with Crippen molar-refractivity contribution in [2.24, 2.45) is 5.92 Å². The first-order valence-electron chi connectivity index (χ1n) is 7.92. The van der Waals surface area contributed by atoms with Crippen molar-refractivity contribution in [3.8, 4) is 11.5 Å². The molecule has 0 aliphatic carbocycles. The minimum absolute atomic E-state index is 0.223. The molecule has 0 spiro atoms. The molecule has 7 nitrogen and oxygen atoms in total. The van der Waals surface area contributed by atoms with Crippen LogP contribution in [-0.4, -0.2) is 57.9 Å². The molecule has 0 radical (unpaired) electrons. The highest BCUT2D eigenvalue weighted by Crippen LogP contribution is 2.28. The fourth-order valence-electron chi connectivity index (χ4n) is 2.85. The molecule has 1 aliphatic heterocycles. The molecular formula is C17H24N2O5. The molecule has 1 N–H and O–H groups in total. The molecule has 1 aromatic carbocycles. The van der Waals surface area contributed by atoms with Gasteiger partial charge in [-0.3, -0.25) is 4.79 Å². The number of nitrogens with zero attached hydrogens (tertiary/aromatic N) is 1. The van der Waals surface area contributed by atoms with E-state index in [9.17, 15) is 9.59 Å². The van der Waals surface area contributed by atoms with Crippen molar-refractivity contribution in [3.63, 3.8) is 0 Å². The van der Waals surface area contributed by atoms with Crippen LogP contribution in [0.25, 0.3) is 0 Å². The largest absolute Gasteiger partial charge is 0.496 e. The van der Waals surface area contributed by atoms with E-state index in [1.54, 1.807) is 23.1 Å². The Labute approximate surface area is 141 Å². The highest BCUT2D eigenvalue weighted by atomic mass is 16.5. The summed E-state index contributed by atoms with van der Waals surface area (Å²) in [6.07, 6.45) is 1.37. The number of rotatable bonds is 5. The average molecular weight is 336 g/mol. The van der Waals surface area contributed by atoms with Gasteiger partial charge in [0.2, 0.25) is 0 Å². The van der Waals surface area contributed by atoms with Gasteiger partial charge in [0.25, 0.3) is 5.91 Å². The van der Waals surface area contributed by atoms with Crippen molar-refractivity contribution >= 4 is 12.0 Å². The van der Waals surface area contributed by atoms with E-state index in [0.717, 1.165) is 12.8 Å². The van der Waals surface area contributed by atoms with E-state index < -0.39 is 0 Å². The molecule has 2 rings (SSSR count). The molecular weight excluding hydrogens is 312 g/mol. The highest BCUT2D eigenvalue weighted by molar-refractivity contribution is 5.99. The van der Waals surface area contributed by atoms with Crippen LogP contribution >= 0.6 is 0 Å². The van der Waals surface area contributed by atoms with E-state index in [1.165, 1.54) is 21.3 Å². The molecule has 1 heterocycles. The van der Waals surface area contributed by atoms with Gasteiger partial charge in [0.05, 0.1) is 21.3 Å². The zero-order chi connectivity index (χ0) is 17.5. The maximum atomic E-state index is 12.5. The number of hydrogen-bond donors (Lipinski definition) is 1. The van der Waals surface area contributed by atoms with Crippen LogP contribution in [0.4, 0.5) is 4.79 Å². The topological polar surface area (TPSA) is 77.1 Å². The van der Waals surface area contributed by atoms with Gasteiger partial charge in [-0.2, -0.15) is 0 Å². The smallest absolute Gasteiger partial charge is 0.409 e. The monoisotopic (exact) mass is 336 g/mol. The van der Waals surface area contributed by atoms with Gasteiger partial charge in [-0.1, -0.05) is 6.07 Å². The van der Waals surface area contributed by atoms with Crippen molar-refractivity contribution < 1.29 is 23.8 Å². The van der Waals surface area contributed by atoms with E-state index in [0.29, 0.717) is 42.6 Å². The average Bonchev–Trinajstić information content (AvgIpc) is 2.65. The first kappa shape index (κ1) is 17.9. The van der Waals surface area contributed by atoms with E-state index in [1.807, 2.05) is 0 Å². The Bertz CT molecular complexity index is 560. The third kappa shape index (κ3) is 4.10. The summed E-state index contributed by atoms with van der Waals surface area (Å²) in [4.78, 5) is 25.7. The first-order chi connectivity index (χ1) is 11.6. The lowest BCUT2D eigenvalue weighted by molar-refractivity contribution is 0.0908. The molecule has 0 bridgehead atoms. The lowest BCUT2D eigenvalue weighted by Crippen LogP contribution is -2.41. The van der Waals surface area contributed by atoms with Gasteiger partial charge in [-0.05, 0) is 30.9 Å². The van der Waals surface area contributed by atoms with Crippen molar-refractivity contribution in [1.82, 2.24) is 10.2 Å². The van der Waals surface area contributed by atoms with Crippen molar-refractivity contribution in [1.29, 1.82) is 0 Å². The highest BCUT2D eigenvalue weighted by Gasteiger charge is 2.24. The summed E-state index contributed by atoms with van der Waals surface area (Å²) in [5, 5.41) is 2.94. The Hall–Kier alpha value is -2.44. The van der Waals surface area contributed by atoms with Crippen LogP contribution in [-0.2, 0) is 4.74 Å². The lowest BCUT2D eigenvalue weighted by atomic mass is 9.97. The molecule has 0 unspecified atom stereocenters. The number of methoxy groups -OCH3 is 3. The molecule has 2 amide bonds. The standard InChI is InChI=1S/C17H24N2O5/c1-22-13-5-4-6-14(23-2)15(13)16(20)18-11-12-7-9-19(10-8-12)17(21)24-3/h4-6,12H,7-11H2,1-3H3,(H,18,20). The third-order valence-electron chi connectivity index (χ3n) is 4.25. The number of likely N-dealkylation sites (tertiary alicyclic amines) is 1. The van der Waals surface area contributed by atoms with Crippen LogP contribution in [0, 0.1) is 5.92 Å². The third-order valence-corrected chi connectivity index (χ3v) is 4.25. The van der Waals surface area contributed by atoms with Gasteiger partial charge in [0, 0.05) is 19.6 Å². The molecule has 0 saturated carbocycles. The molecule has 1 saturated heterocycles. The zero-order valence-corrected chi connectivity index (χ0v) is 14.3. The summed E-state index contributed by atoms with van der Waals surface area (Å²) >= 11 is 0. The van der Waals surface area contributed by atoms with Crippen LogP contribution in [0.3, 0.4) is 0 Å². The van der Waals surface area contributed by atoms with Gasteiger partial charge >= 0.3 is 6.09 Å². The summed E-state index contributed by atoms with van der Waals surface area (Å²) in [5.41, 5.74) is 0.398. The number of ether oxygens (including phenoxy) is 3. The number of hydrogen-bond acceptors (Lipinski definition) is 5. The molecule has 1 fully saturated rings. The summed E-state index contributed by atoms with van der Waals surface area (Å²) in [7, 11) is 4.43. The van der Waals surface area contributed by atoms with Crippen LogP contribution in [0.5, 0.6) is 11.5 Å². The SMILES string of the molecule is COC(=O)N1CCC(CNC(=O)c2c(OC)cccc2OC)CC1. The van der Waals surface area contributed by atoms with E-state index >= 15 is 0 Å². The zero-order valence-electron chi connectivity index (χ0n) is 14.3. The minimum Gasteiger partial charge on any atom is -0.496 e. The first-order valence-corrected chi connectivity index (χ1v) is 7.92. The van der Waals surface area contributed by atoms with E-state index in [2.05, 4.69) is 5.32 Å². The molecule has 7 heteroatoms. The van der Waals surface area contributed by atoms with Gasteiger partial charge in [-0.25, -0.2) is 4.79 Å². The number of carbonyl (C=O) groups excluding carboxylic acids is 2. The second kappa shape index (κ2) is 8.42. The summed E-state index contributed by atoms with van der Waals surface area (Å²) in [6, 6.07) is 5.23. The second-order valence-corrected chi connectivity index (χ2v) is 5.65. The number of piperidine rings is 1. The molecule has 1 aliphatic rings. The summed E-state index contributed by atoms with van der Waals surface area (Å²) in [6.45, 7) is 1.84. The Kier molecular flexibility index (Phi) is 6.28. The lowest BCUT2D eigenvalue weighted by Gasteiger charge is -2.31. The molecule has 1 aromatic rings. The number of benzene rings is 1. The van der Waals surface area contributed by atoms with Gasteiger partial charge in [0.1, 0.15) is 17.1 Å². The van der Waals surface area contributed by atoms with E-state index in [4.69, 9.17) is 14.2 Å². The maximum absolute atomic E-state index is 12.5. The van der Waals surface area contributed by atoms with Crippen molar-refractivity contribution in [2.45, 2.75) is 12.8 Å². The quantitative estimate of drug-likeness (QED) is 0.889. The van der Waals surface area contributed by atoms with Crippen LogP contribution in [0.2, 0.25) is 0 Å². The van der Waals surface area contributed by atoms with Crippen molar-refractivity contribution in [3.05, 3.63) is 23.8 Å². The predicted octanol–water partition coefficient (Wildman–Crippen LogP) is 1.91. The fourth-order valence-corrected chi connectivity index (χ4v) is 2.85. The molecule has 0 atom stereocenters.